The Balaban J connectivity index is 1.31. The molecular weight excluding hydrogens is 342 g/mol. The Bertz CT molecular complexity index is 839. The van der Waals surface area contributed by atoms with Crippen molar-refractivity contribution in [2.75, 3.05) is 17.6 Å². The summed E-state index contributed by atoms with van der Waals surface area (Å²) >= 11 is 3.27. The van der Waals surface area contributed by atoms with Gasteiger partial charge >= 0.3 is 0 Å². The summed E-state index contributed by atoms with van der Waals surface area (Å²) in [7, 11) is 0. The molecule has 1 aliphatic rings. The molecule has 0 radical (unpaired) electrons. The number of nitrogens with zero attached hydrogens (tertiary/aromatic N) is 3. The first-order valence-electron chi connectivity index (χ1n) is 7.77. The van der Waals surface area contributed by atoms with Crippen LogP contribution in [0.3, 0.4) is 0 Å². The van der Waals surface area contributed by atoms with Gasteiger partial charge < -0.3 is 15.2 Å². The summed E-state index contributed by atoms with van der Waals surface area (Å²) < 4.78 is 3.25. The second kappa shape index (κ2) is 6.92. The van der Waals surface area contributed by atoms with Crippen LogP contribution >= 0.6 is 23.1 Å². The maximum Gasteiger partial charge on any atom is 0.235 e. The number of benzene rings is 1. The van der Waals surface area contributed by atoms with Crippen molar-refractivity contribution in [3.8, 4) is 0 Å². The smallest absolute Gasteiger partial charge is 0.235 e. The van der Waals surface area contributed by atoms with Gasteiger partial charge in [0.2, 0.25) is 5.91 Å². The number of thioether (sulfide) groups is 1. The van der Waals surface area contributed by atoms with E-state index in [0.29, 0.717) is 5.75 Å². The van der Waals surface area contributed by atoms with Gasteiger partial charge in [-0.1, -0.05) is 12.1 Å². The number of carbonyl (C=O) groups excluding carboxylic acids is 1. The van der Waals surface area contributed by atoms with Gasteiger partial charge in [-0.2, -0.15) is 0 Å². The molecular formula is C16H17N5OS2. The van der Waals surface area contributed by atoms with Crippen LogP contribution < -0.4 is 10.6 Å². The third-order valence-electron chi connectivity index (χ3n) is 3.80. The lowest BCUT2D eigenvalue weighted by Gasteiger charge is -2.17. The zero-order chi connectivity index (χ0) is 16.4. The van der Waals surface area contributed by atoms with E-state index in [2.05, 4.69) is 31.2 Å². The molecule has 0 saturated carbocycles. The predicted molar refractivity (Wildman–Crippen MR) is 98.3 cm³/mol. The first-order chi connectivity index (χ1) is 11.8. The van der Waals surface area contributed by atoms with Crippen molar-refractivity contribution in [2.24, 2.45) is 0 Å². The van der Waals surface area contributed by atoms with Crippen LogP contribution in [0.5, 0.6) is 0 Å². The molecule has 1 aliphatic heterocycles. The Labute approximate surface area is 147 Å². The van der Waals surface area contributed by atoms with E-state index in [9.17, 15) is 4.79 Å². The largest absolute Gasteiger partial charge is 0.312 e. The van der Waals surface area contributed by atoms with Crippen molar-refractivity contribution in [3.05, 3.63) is 41.3 Å². The molecule has 0 saturated heterocycles. The predicted octanol–water partition coefficient (Wildman–Crippen LogP) is 2.47. The fourth-order valence-electron chi connectivity index (χ4n) is 2.69. The maximum absolute atomic E-state index is 12.2. The summed E-state index contributed by atoms with van der Waals surface area (Å²) in [6, 6.07) is 8.11. The van der Waals surface area contributed by atoms with Crippen molar-refractivity contribution in [1.82, 2.24) is 19.9 Å². The number of amides is 1. The summed E-state index contributed by atoms with van der Waals surface area (Å²) in [6.45, 7) is 2.49. The Kier molecular flexibility index (Phi) is 4.50. The van der Waals surface area contributed by atoms with Gasteiger partial charge in [-0.05, 0) is 12.1 Å². The molecule has 0 bridgehead atoms. The molecule has 1 amide bonds. The molecule has 24 heavy (non-hydrogen) atoms. The number of imidazole rings is 1. The minimum absolute atomic E-state index is 0.00217. The van der Waals surface area contributed by atoms with Gasteiger partial charge in [0.15, 0.2) is 0 Å². The SMILES string of the molecule is O=C(CSCc1nc2ccccc2s1)Nc1cnc2n1CCNC2. The molecule has 3 aromatic rings. The zero-order valence-corrected chi connectivity index (χ0v) is 14.6. The first kappa shape index (κ1) is 15.6. The molecule has 0 atom stereocenters. The zero-order valence-electron chi connectivity index (χ0n) is 13.0. The third kappa shape index (κ3) is 3.31. The van der Waals surface area contributed by atoms with Crippen molar-refractivity contribution in [3.63, 3.8) is 0 Å². The van der Waals surface area contributed by atoms with Gasteiger partial charge in [0.05, 0.1) is 28.7 Å². The van der Waals surface area contributed by atoms with Crippen molar-refractivity contribution >= 4 is 45.0 Å². The standard InChI is InChI=1S/C16H17N5OS2/c22-15(20-14-8-18-13-7-17-5-6-21(13)14)9-23-10-16-19-11-3-1-2-4-12(11)24-16/h1-4,8,17H,5-7,9-10H2,(H,20,22). The van der Waals surface area contributed by atoms with E-state index >= 15 is 0 Å². The van der Waals surface area contributed by atoms with Gasteiger partial charge in [-0.25, -0.2) is 9.97 Å². The Hall–Kier alpha value is -1.90. The molecule has 8 heteroatoms. The molecule has 1 aromatic carbocycles. The Morgan fingerprint density at radius 3 is 3.25 bits per heavy atom. The fourth-order valence-corrected chi connectivity index (χ4v) is 4.53. The highest BCUT2D eigenvalue weighted by atomic mass is 32.2. The molecule has 3 heterocycles. The van der Waals surface area contributed by atoms with Crippen LogP contribution in [0.1, 0.15) is 10.8 Å². The summed E-state index contributed by atoms with van der Waals surface area (Å²) in [5.74, 6) is 2.92. The number of nitrogens with one attached hydrogen (secondary N) is 2. The fraction of sp³-hybridized carbons (Fsp3) is 0.312. The van der Waals surface area contributed by atoms with Gasteiger partial charge in [-0.3, -0.25) is 4.79 Å². The number of para-hydroxylation sites is 1. The lowest BCUT2D eigenvalue weighted by atomic mass is 10.3. The van der Waals surface area contributed by atoms with Crippen molar-refractivity contribution in [2.45, 2.75) is 18.8 Å². The topological polar surface area (TPSA) is 71.8 Å². The number of carbonyl (C=O) groups is 1. The lowest BCUT2D eigenvalue weighted by molar-refractivity contribution is -0.113. The molecule has 0 fully saturated rings. The summed E-state index contributed by atoms with van der Waals surface area (Å²) in [4.78, 5) is 21.1. The number of hydrogen-bond donors (Lipinski definition) is 2. The molecule has 124 valence electrons. The lowest BCUT2D eigenvalue weighted by Crippen LogP contribution is -2.29. The average molecular weight is 359 g/mol. The van der Waals surface area contributed by atoms with E-state index in [-0.39, 0.29) is 5.91 Å². The van der Waals surface area contributed by atoms with Crippen LogP contribution in [0.25, 0.3) is 10.2 Å². The molecule has 0 unspecified atom stereocenters. The second-order valence-electron chi connectivity index (χ2n) is 5.50. The molecule has 4 rings (SSSR count). The summed E-state index contributed by atoms with van der Waals surface area (Å²) in [5, 5.41) is 7.28. The minimum atomic E-state index is 0.00217. The van der Waals surface area contributed by atoms with E-state index in [4.69, 9.17) is 0 Å². The number of aromatic nitrogens is 3. The highest BCUT2D eigenvalue weighted by Gasteiger charge is 2.15. The maximum atomic E-state index is 12.2. The quantitative estimate of drug-likeness (QED) is 0.732. The third-order valence-corrected chi connectivity index (χ3v) is 5.96. The van der Waals surface area contributed by atoms with Crippen LogP contribution in [0.15, 0.2) is 30.5 Å². The van der Waals surface area contributed by atoms with Gasteiger partial charge in [0.25, 0.3) is 0 Å². The Morgan fingerprint density at radius 2 is 2.33 bits per heavy atom. The second-order valence-corrected chi connectivity index (χ2v) is 7.61. The molecule has 0 spiro atoms. The number of rotatable bonds is 5. The molecule has 2 aromatic heterocycles. The summed E-state index contributed by atoms with van der Waals surface area (Å²) in [5.41, 5.74) is 1.03. The van der Waals surface area contributed by atoms with E-state index in [0.717, 1.165) is 47.6 Å². The normalized spacial score (nSPS) is 13.8. The average Bonchev–Trinajstić information content (AvgIpc) is 3.19. The molecule has 2 N–H and O–H groups in total. The van der Waals surface area contributed by atoms with E-state index in [1.165, 1.54) is 4.70 Å². The van der Waals surface area contributed by atoms with Crippen LogP contribution in [-0.2, 0) is 23.6 Å². The Morgan fingerprint density at radius 1 is 1.42 bits per heavy atom. The molecule has 6 nitrogen and oxygen atoms in total. The highest BCUT2D eigenvalue weighted by molar-refractivity contribution is 7.99. The van der Waals surface area contributed by atoms with Gasteiger partial charge in [-0.15, -0.1) is 23.1 Å². The van der Waals surface area contributed by atoms with Crippen LogP contribution in [-0.4, -0.2) is 32.7 Å². The van der Waals surface area contributed by atoms with Crippen LogP contribution in [0.4, 0.5) is 5.82 Å². The van der Waals surface area contributed by atoms with Crippen LogP contribution in [0, 0.1) is 0 Å². The number of hydrogen-bond acceptors (Lipinski definition) is 6. The number of fused-ring (bicyclic) bond motifs is 2. The number of anilines is 1. The van der Waals surface area contributed by atoms with E-state index in [1.807, 2.05) is 18.2 Å². The van der Waals surface area contributed by atoms with E-state index < -0.39 is 0 Å². The highest BCUT2D eigenvalue weighted by Crippen LogP contribution is 2.24. The summed E-state index contributed by atoms with van der Waals surface area (Å²) in [6.07, 6.45) is 1.73. The van der Waals surface area contributed by atoms with Gasteiger partial charge in [0.1, 0.15) is 16.6 Å². The molecule has 0 aliphatic carbocycles. The monoisotopic (exact) mass is 359 g/mol. The van der Waals surface area contributed by atoms with Crippen molar-refractivity contribution in [1.29, 1.82) is 0 Å². The van der Waals surface area contributed by atoms with E-state index in [1.54, 1.807) is 29.3 Å². The minimum Gasteiger partial charge on any atom is -0.312 e. The van der Waals surface area contributed by atoms with Crippen LogP contribution in [0.2, 0.25) is 0 Å². The van der Waals surface area contributed by atoms with Crippen molar-refractivity contribution < 1.29 is 4.79 Å². The number of thiazole rings is 1. The first-order valence-corrected chi connectivity index (χ1v) is 9.74. The van der Waals surface area contributed by atoms with Gasteiger partial charge in [0, 0.05) is 18.8 Å².